The topological polar surface area (TPSA) is 40.2 Å². The lowest BCUT2D eigenvalue weighted by Crippen LogP contribution is -2.18. The summed E-state index contributed by atoms with van der Waals surface area (Å²) in [5.41, 5.74) is 0. The minimum absolute atomic E-state index is 0. The van der Waals surface area contributed by atoms with E-state index in [0.29, 0.717) is 46.4 Å². The molecule has 0 bridgehead atoms. The first-order valence-electron chi connectivity index (χ1n) is 5.73. The number of rotatable bonds is 12. The molecule has 0 heterocycles. The van der Waals surface area contributed by atoms with Crippen molar-refractivity contribution in [2.45, 2.75) is 6.92 Å². The van der Waals surface area contributed by atoms with Gasteiger partial charge in [-0.05, 0) is 21.0 Å². The molecule has 0 aromatic heterocycles. The zero-order valence-corrected chi connectivity index (χ0v) is 12.9. The van der Waals surface area contributed by atoms with Crippen molar-refractivity contribution in [1.29, 1.82) is 0 Å². The molecule has 5 nitrogen and oxygen atoms in total. The number of ether oxygens (including phenoxy) is 4. The molecular weight excluding hydrogens is 290 g/mol. The van der Waals surface area contributed by atoms with Gasteiger partial charge in [-0.3, -0.25) is 4.90 Å². The number of halogens is 1. The van der Waals surface area contributed by atoms with Crippen LogP contribution in [0.4, 0.5) is 0 Å². The predicted molar refractivity (Wildman–Crippen MR) is 73.0 cm³/mol. The monoisotopic (exact) mass is 315 g/mol. The number of hydrogen-bond acceptors (Lipinski definition) is 5. The third-order valence-corrected chi connectivity index (χ3v) is 1.67. The first-order chi connectivity index (χ1) is 7.77. The van der Waals surface area contributed by atoms with Crippen LogP contribution in [-0.2, 0) is 18.9 Å². The van der Waals surface area contributed by atoms with Crippen LogP contribution in [0, 0.1) is 0 Å². The van der Waals surface area contributed by atoms with Gasteiger partial charge < -0.3 is 18.9 Å². The van der Waals surface area contributed by atoms with E-state index in [1.807, 2.05) is 25.9 Å². The normalized spacial score (nSPS) is 10.6. The van der Waals surface area contributed by atoms with Gasteiger partial charge in [0, 0.05) is 6.61 Å². The second kappa shape index (κ2) is 16.3. The summed E-state index contributed by atoms with van der Waals surface area (Å²) in [6.45, 7) is 7.09. The summed E-state index contributed by atoms with van der Waals surface area (Å²) in [5, 5.41) is 0. The fourth-order valence-electron chi connectivity index (χ4n) is 0.949. The van der Waals surface area contributed by atoms with Crippen LogP contribution in [0.15, 0.2) is 0 Å². The smallest absolute Gasteiger partial charge is 0.0986 e. The molecule has 0 aliphatic heterocycles. The summed E-state index contributed by atoms with van der Waals surface area (Å²) < 4.78 is 21.0. The van der Waals surface area contributed by atoms with Crippen LogP contribution in [0.5, 0.6) is 0 Å². The molecule has 0 atom stereocenters. The second-order valence-corrected chi connectivity index (χ2v) is 3.54. The molecule has 0 aromatic carbocycles. The average molecular weight is 316 g/mol. The van der Waals surface area contributed by atoms with E-state index in [2.05, 4.69) is 0 Å². The van der Waals surface area contributed by atoms with E-state index in [9.17, 15) is 0 Å². The van der Waals surface area contributed by atoms with Crippen LogP contribution in [-0.4, -0.2) is 72.0 Å². The van der Waals surface area contributed by atoms with Crippen LogP contribution in [0.2, 0.25) is 0 Å². The molecule has 0 aliphatic carbocycles. The molecule has 0 aromatic rings. The van der Waals surface area contributed by atoms with Crippen molar-refractivity contribution in [3.8, 4) is 0 Å². The van der Waals surface area contributed by atoms with Crippen molar-refractivity contribution in [3.63, 3.8) is 0 Å². The molecule has 0 spiro atoms. The molecule has 0 fully saturated rings. The third-order valence-electron chi connectivity index (χ3n) is 1.67. The Bertz CT molecular complexity index is 139. The van der Waals surface area contributed by atoms with Crippen molar-refractivity contribution in [2.24, 2.45) is 0 Å². The van der Waals surface area contributed by atoms with Crippen LogP contribution in [0.25, 0.3) is 0 Å². The van der Waals surface area contributed by atoms with Gasteiger partial charge in [0.1, 0.15) is 0 Å². The van der Waals surface area contributed by atoms with Crippen LogP contribution in [0.3, 0.4) is 0 Å². The van der Waals surface area contributed by atoms with Crippen molar-refractivity contribution in [2.75, 3.05) is 67.1 Å². The van der Waals surface area contributed by atoms with E-state index in [0.717, 1.165) is 6.61 Å². The first kappa shape index (κ1) is 19.6. The summed E-state index contributed by atoms with van der Waals surface area (Å²) in [6, 6.07) is 0. The van der Waals surface area contributed by atoms with Gasteiger partial charge in [-0.2, -0.15) is 0 Å². The maximum atomic E-state index is 5.31. The van der Waals surface area contributed by atoms with Gasteiger partial charge in [-0.1, -0.05) is 0 Å². The van der Waals surface area contributed by atoms with E-state index >= 15 is 0 Å². The van der Waals surface area contributed by atoms with E-state index in [1.54, 1.807) is 0 Å². The second-order valence-electron chi connectivity index (χ2n) is 3.54. The maximum absolute atomic E-state index is 5.31. The Morgan fingerprint density at radius 1 is 0.706 bits per heavy atom. The van der Waals surface area contributed by atoms with Gasteiger partial charge in [-0.15, -0.1) is 17.0 Å². The van der Waals surface area contributed by atoms with Crippen molar-refractivity contribution >= 4 is 17.0 Å². The number of nitrogens with zero attached hydrogens (tertiary/aromatic N) is 1. The Morgan fingerprint density at radius 2 is 1.12 bits per heavy atom. The highest BCUT2D eigenvalue weighted by Gasteiger charge is 1.92. The fraction of sp³-hybridized carbons (Fsp3) is 1.00. The zero-order valence-electron chi connectivity index (χ0n) is 11.1. The van der Waals surface area contributed by atoms with Gasteiger partial charge in [-0.25, -0.2) is 0 Å². The largest absolute Gasteiger partial charge is 0.379 e. The highest BCUT2D eigenvalue weighted by molar-refractivity contribution is 8.93. The molecule has 0 rings (SSSR count). The van der Waals surface area contributed by atoms with Crippen molar-refractivity contribution < 1.29 is 18.9 Å². The quantitative estimate of drug-likeness (QED) is 0.399. The highest BCUT2D eigenvalue weighted by Crippen LogP contribution is 1.83. The Labute approximate surface area is 115 Å². The molecule has 0 saturated heterocycles. The molecule has 0 unspecified atom stereocenters. The van der Waals surface area contributed by atoms with Crippen LogP contribution < -0.4 is 0 Å². The molecule has 0 N–H and O–H groups in total. The Hall–Kier alpha value is 0.280. The lowest BCUT2D eigenvalue weighted by molar-refractivity contribution is -0.0144. The summed E-state index contributed by atoms with van der Waals surface area (Å²) in [5.74, 6) is 0. The standard InChI is InChI=1S/C11H25NO4.BrH/c1-4-13-5-6-14-7-8-15-9-10-16-11-12(2)3;/h4-11H2,1-3H3;1H. The first-order valence-corrected chi connectivity index (χ1v) is 5.73. The lowest BCUT2D eigenvalue weighted by Gasteiger charge is -2.10. The number of hydrogen-bond donors (Lipinski definition) is 0. The van der Waals surface area contributed by atoms with Crippen molar-refractivity contribution in [3.05, 3.63) is 0 Å². The van der Waals surface area contributed by atoms with Gasteiger partial charge in [0.15, 0.2) is 0 Å². The minimum atomic E-state index is 0. The van der Waals surface area contributed by atoms with E-state index in [4.69, 9.17) is 18.9 Å². The Kier molecular flexibility index (Phi) is 18.8. The minimum Gasteiger partial charge on any atom is -0.379 e. The Morgan fingerprint density at radius 3 is 1.53 bits per heavy atom. The summed E-state index contributed by atoms with van der Waals surface area (Å²) >= 11 is 0. The van der Waals surface area contributed by atoms with Gasteiger partial charge in [0.2, 0.25) is 0 Å². The Balaban J connectivity index is 0. The third kappa shape index (κ3) is 18.8. The van der Waals surface area contributed by atoms with Gasteiger partial charge in [0.25, 0.3) is 0 Å². The molecule has 0 aliphatic rings. The molecular formula is C11H26BrNO4. The fourth-order valence-corrected chi connectivity index (χ4v) is 0.949. The maximum Gasteiger partial charge on any atom is 0.0986 e. The average Bonchev–Trinajstić information content (AvgIpc) is 2.25. The SMILES string of the molecule is Br.CCOCCOCCOCCOCN(C)C. The van der Waals surface area contributed by atoms with Gasteiger partial charge >= 0.3 is 0 Å². The summed E-state index contributed by atoms with van der Waals surface area (Å²) in [7, 11) is 3.93. The summed E-state index contributed by atoms with van der Waals surface area (Å²) in [4.78, 5) is 1.97. The zero-order chi connectivity index (χ0) is 12.1. The molecule has 0 saturated carbocycles. The lowest BCUT2D eigenvalue weighted by atomic mass is 10.7. The highest BCUT2D eigenvalue weighted by atomic mass is 79.9. The van der Waals surface area contributed by atoms with E-state index < -0.39 is 0 Å². The molecule has 6 heteroatoms. The molecule has 17 heavy (non-hydrogen) atoms. The predicted octanol–water partition coefficient (Wildman–Crippen LogP) is 1.17. The molecule has 0 radical (unpaired) electrons. The van der Waals surface area contributed by atoms with Crippen LogP contribution >= 0.6 is 17.0 Å². The van der Waals surface area contributed by atoms with E-state index in [1.165, 1.54) is 0 Å². The summed E-state index contributed by atoms with van der Waals surface area (Å²) in [6.07, 6.45) is 0. The van der Waals surface area contributed by atoms with Gasteiger partial charge in [0.05, 0.1) is 46.4 Å². The van der Waals surface area contributed by atoms with Crippen molar-refractivity contribution in [1.82, 2.24) is 4.90 Å². The van der Waals surface area contributed by atoms with Crippen LogP contribution in [0.1, 0.15) is 6.92 Å². The molecule has 106 valence electrons. The van der Waals surface area contributed by atoms with E-state index in [-0.39, 0.29) is 17.0 Å². The molecule has 0 amide bonds.